The molecular formula is C13H27NO. The summed E-state index contributed by atoms with van der Waals surface area (Å²) in [7, 11) is 0. The molecule has 0 unspecified atom stereocenters. The minimum Gasteiger partial charge on any atom is -0.390 e. The summed E-state index contributed by atoms with van der Waals surface area (Å²) in [5.74, 6) is 0. The lowest BCUT2D eigenvalue weighted by Crippen LogP contribution is -2.39. The lowest BCUT2D eigenvalue weighted by atomic mass is 9.93. The molecule has 90 valence electrons. The summed E-state index contributed by atoms with van der Waals surface area (Å²) in [5, 5.41) is 9.73. The maximum atomic E-state index is 9.73. The van der Waals surface area contributed by atoms with Crippen molar-refractivity contribution >= 4 is 0 Å². The lowest BCUT2D eigenvalue weighted by Gasteiger charge is -2.34. The minimum atomic E-state index is -0.512. The van der Waals surface area contributed by atoms with Crippen LogP contribution in [0.4, 0.5) is 0 Å². The molecule has 1 aliphatic carbocycles. The molecule has 0 aromatic heterocycles. The Labute approximate surface area is 94.7 Å². The van der Waals surface area contributed by atoms with E-state index in [4.69, 9.17) is 0 Å². The summed E-state index contributed by atoms with van der Waals surface area (Å²) < 4.78 is 0. The Hall–Kier alpha value is -0.0800. The second kappa shape index (κ2) is 5.86. The summed E-state index contributed by atoms with van der Waals surface area (Å²) >= 11 is 0. The Morgan fingerprint density at radius 3 is 2.27 bits per heavy atom. The maximum Gasteiger partial charge on any atom is 0.0603 e. The summed E-state index contributed by atoms with van der Waals surface area (Å²) in [6.07, 6.45) is 7.81. The molecule has 0 atom stereocenters. The first-order valence-corrected chi connectivity index (χ1v) is 6.49. The fraction of sp³-hybridized carbons (Fsp3) is 1.00. The van der Waals surface area contributed by atoms with E-state index in [0.29, 0.717) is 0 Å². The molecule has 2 heteroatoms. The predicted octanol–water partition coefficient (Wildman–Crippen LogP) is 2.80. The van der Waals surface area contributed by atoms with Crippen molar-refractivity contribution in [2.45, 2.75) is 70.9 Å². The molecule has 0 aromatic carbocycles. The van der Waals surface area contributed by atoms with Gasteiger partial charge in [-0.25, -0.2) is 0 Å². The van der Waals surface area contributed by atoms with Crippen molar-refractivity contribution in [2.24, 2.45) is 0 Å². The van der Waals surface area contributed by atoms with Crippen molar-refractivity contribution in [2.75, 3.05) is 13.1 Å². The van der Waals surface area contributed by atoms with Crippen LogP contribution in [0.1, 0.15) is 59.3 Å². The first-order chi connectivity index (χ1) is 7.03. The third-order valence-electron chi connectivity index (χ3n) is 3.51. The van der Waals surface area contributed by atoms with E-state index < -0.39 is 5.60 Å². The molecule has 0 aromatic rings. The Bertz CT molecular complexity index is 168. The highest BCUT2D eigenvalue weighted by Crippen LogP contribution is 2.23. The van der Waals surface area contributed by atoms with E-state index in [1.165, 1.54) is 32.1 Å². The van der Waals surface area contributed by atoms with E-state index in [-0.39, 0.29) is 0 Å². The fourth-order valence-corrected chi connectivity index (χ4v) is 2.46. The first kappa shape index (κ1) is 13.0. The van der Waals surface area contributed by atoms with E-state index in [2.05, 4.69) is 11.8 Å². The highest BCUT2D eigenvalue weighted by Gasteiger charge is 2.21. The lowest BCUT2D eigenvalue weighted by molar-refractivity contribution is 0.0478. The van der Waals surface area contributed by atoms with Gasteiger partial charge in [-0.2, -0.15) is 0 Å². The smallest absolute Gasteiger partial charge is 0.0603 e. The molecule has 1 fully saturated rings. The normalized spacial score (nSPS) is 19.8. The van der Waals surface area contributed by atoms with Gasteiger partial charge >= 0.3 is 0 Å². The Kier molecular flexibility index (Phi) is 5.07. The second-order valence-corrected chi connectivity index (χ2v) is 5.48. The van der Waals surface area contributed by atoms with Gasteiger partial charge in [0.2, 0.25) is 0 Å². The average molecular weight is 213 g/mol. The Balaban J connectivity index is 2.34. The highest BCUT2D eigenvalue weighted by atomic mass is 16.3. The summed E-state index contributed by atoms with van der Waals surface area (Å²) in [6, 6.07) is 0.783. The largest absolute Gasteiger partial charge is 0.390 e. The maximum absolute atomic E-state index is 9.73. The van der Waals surface area contributed by atoms with Crippen molar-refractivity contribution in [3.63, 3.8) is 0 Å². The van der Waals surface area contributed by atoms with Gasteiger partial charge in [-0.3, -0.25) is 0 Å². The van der Waals surface area contributed by atoms with Crippen LogP contribution in [-0.4, -0.2) is 34.7 Å². The number of nitrogens with zero attached hydrogens (tertiary/aromatic N) is 1. The molecule has 0 amide bonds. The Morgan fingerprint density at radius 1 is 1.20 bits per heavy atom. The Morgan fingerprint density at radius 2 is 1.80 bits per heavy atom. The second-order valence-electron chi connectivity index (χ2n) is 5.48. The third-order valence-corrected chi connectivity index (χ3v) is 3.51. The van der Waals surface area contributed by atoms with Crippen LogP contribution < -0.4 is 0 Å². The quantitative estimate of drug-likeness (QED) is 0.759. The van der Waals surface area contributed by atoms with Crippen molar-refractivity contribution in [1.82, 2.24) is 4.90 Å². The van der Waals surface area contributed by atoms with Gasteiger partial charge in [0.05, 0.1) is 5.60 Å². The molecule has 0 saturated heterocycles. The first-order valence-electron chi connectivity index (χ1n) is 6.49. The molecular weight excluding hydrogens is 186 g/mol. The van der Waals surface area contributed by atoms with E-state index >= 15 is 0 Å². The SMILES string of the molecule is CCN(CCC(C)(C)O)C1CCCCC1. The predicted molar refractivity (Wildman–Crippen MR) is 65.0 cm³/mol. The van der Waals surface area contributed by atoms with Gasteiger partial charge in [0.25, 0.3) is 0 Å². The zero-order valence-corrected chi connectivity index (χ0v) is 10.6. The van der Waals surface area contributed by atoms with Crippen LogP contribution in [-0.2, 0) is 0 Å². The van der Waals surface area contributed by atoms with Gasteiger partial charge in [0.1, 0.15) is 0 Å². The molecule has 0 heterocycles. The molecule has 1 rings (SSSR count). The zero-order chi connectivity index (χ0) is 11.3. The number of hydrogen-bond acceptors (Lipinski definition) is 2. The molecule has 0 radical (unpaired) electrons. The summed E-state index contributed by atoms with van der Waals surface area (Å²) in [6.45, 7) is 8.22. The number of hydrogen-bond donors (Lipinski definition) is 1. The minimum absolute atomic E-state index is 0.512. The zero-order valence-electron chi connectivity index (χ0n) is 10.6. The summed E-state index contributed by atoms with van der Waals surface area (Å²) in [5.41, 5.74) is -0.512. The standard InChI is InChI=1S/C13H27NO/c1-4-14(11-10-13(2,3)15)12-8-6-5-7-9-12/h12,15H,4-11H2,1-3H3. The van der Waals surface area contributed by atoms with Crippen LogP contribution in [0.15, 0.2) is 0 Å². The molecule has 15 heavy (non-hydrogen) atoms. The van der Waals surface area contributed by atoms with Crippen LogP contribution >= 0.6 is 0 Å². The molecule has 0 spiro atoms. The third kappa shape index (κ3) is 4.98. The molecule has 2 nitrogen and oxygen atoms in total. The van der Waals surface area contributed by atoms with Crippen LogP contribution in [0, 0.1) is 0 Å². The molecule has 1 N–H and O–H groups in total. The molecule has 1 aliphatic rings. The van der Waals surface area contributed by atoms with Gasteiger partial charge in [0, 0.05) is 12.6 Å². The monoisotopic (exact) mass is 213 g/mol. The van der Waals surface area contributed by atoms with Crippen molar-refractivity contribution in [1.29, 1.82) is 0 Å². The van der Waals surface area contributed by atoms with Gasteiger partial charge < -0.3 is 10.0 Å². The van der Waals surface area contributed by atoms with Crippen molar-refractivity contribution < 1.29 is 5.11 Å². The number of rotatable bonds is 5. The van der Waals surface area contributed by atoms with Gasteiger partial charge in [-0.1, -0.05) is 26.2 Å². The van der Waals surface area contributed by atoms with Crippen LogP contribution in [0.3, 0.4) is 0 Å². The molecule has 0 bridgehead atoms. The molecule has 1 saturated carbocycles. The topological polar surface area (TPSA) is 23.5 Å². The van der Waals surface area contributed by atoms with E-state index in [9.17, 15) is 5.11 Å². The van der Waals surface area contributed by atoms with Crippen LogP contribution in [0.25, 0.3) is 0 Å². The molecule has 0 aliphatic heterocycles. The van der Waals surface area contributed by atoms with Crippen LogP contribution in [0.5, 0.6) is 0 Å². The number of aliphatic hydroxyl groups is 1. The average Bonchev–Trinajstić information content (AvgIpc) is 2.19. The van der Waals surface area contributed by atoms with Gasteiger partial charge in [0.15, 0.2) is 0 Å². The van der Waals surface area contributed by atoms with E-state index in [0.717, 1.165) is 25.6 Å². The van der Waals surface area contributed by atoms with E-state index in [1.54, 1.807) is 0 Å². The summed E-state index contributed by atoms with van der Waals surface area (Å²) in [4.78, 5) is 2.55. The van der Waals surface area contributed by atoms with E-state index in [1.807, 2.05) is 13.8 Å². The van der Waals surface area contributed by atoms with Gasteiger partial charge in [-0.05, 0) is 39.7 Å². The van der Waals surface area contributed by atoms with Gasteiger partial charge in [-0.15, -0.1) is 0 Å². The fourth-order valence-electron chi connectivity index (χ4n) is 2.46. The van der Waals surface area contributed by atoms with Crippen molar-refractivity contribution in [3.8, 4) is 0 Å². The van der Waals surface area contributed by atoms with Crippen LogP contribution in [0.2, 0.25) is 0 Å². The van der Waals surface area contributed by atoms with Crippen molar-refractivity contribution in [3.05, 3.63) is 0 Å². The highest BCUT2D eigenvalue weighted by molar-refractivity contribution is 4.77.